The molecule has 3 rings (SSSR count). The fourth-order valence-corrected chi connectivity index (χ4v) is 2.41. The molecule has 1 aliphatic rings. The number of carbonyl (C=O) groups is 1. The SMILES string of the molecule is C[C@H]1C[C@@H]1C(=O)NCc1nc2ccccc2c(=O)n1C. The highest BCUT2D eigenvalue weighted by molar-refractivity contribution is 5.81. The summed E-state index contributed by atoms with van der Waals surface area (Å²) in [6.45, 7) is 2.35. The Labute approximate surface area is 116 Å². The molecule has 1 fully saturated rings. The fourth-order valence-electron chi connectivity index (χ4n) is 2.41. The lowest BCUT2D eigenvalue weighted by atomic mass is 10.2. The van der Waals surface area contributed by atoms with Crippen LogP contribution in [0.5, 0.6) is 0 Å². The minimum atomic E-state index is -0.0837. The van der Waals surface area contributed by atoms with Crippen molar-refractivity contribution in [2.24, 2.45) is 18.9 Å². The van der Waals surface area contributed by atoms with Crippen molar-refractivity contribution in [3.8, 4) is 0 Å². The third-order valence-corrected chi connectivity index (χ3v) is 3.94. The number of amides is 1. The normalized spacial score (nSPS) is 20.9. The summed E-state index contributed by atoms with van der Waals surface area (Å²) in [4.78, 5) is 28.5. The summed E-state index contributed by atoms with van der Waals surface area (Å²) in [6.07, 6.45) is 0.954. The molecule has 1 aromatic heterocycles. The first-order valence-corrected chi connectivity index (χ1v) is 6.80. The smallest absolute Gasteiger partial charge is 0.261 e. The zero-order chi connectivity index (χ0) is 14.3. The summed E-state index contributed by atoms with van der Waals surface area (Å²) < 4.78 is 1.50. The minimum Gasteiger partial charge on any atom is -0.349 e. The van der Waals surface area contributed by atoms with Crippen molar-refractivity contribution in [2.45, 2.75) is 19.9 Å². The van der Waals surface area contributed by atoms with Gasteiger partial charge >= 0.3 is 0 Å². The van der Waals surface area contributed by atoms with E-state index in [1.807, 2.05) is 18.2 Å². The van der Waals surface area contributed by atoms with Crippen LogP contribution in [0.15, 0.2) is 29.1 Å². The molecule has 20 heavy (non-hydrogen) atoms. The van der Waals surface area contributed by atoms with Crippen LogP contribution in [0.4, 0.5) is 0 Å². The Balaban J connectivity index is 1.86. The standard InChI is InChI=1S/C15H17N3O2/c1-9-7-11(9)14(19)16-8-13-17-12-6-4-3-5-10(12)15(20)18(13)2/h3-6,9,11H,7-8H2,1-2H3,(H,16,19)/t9-,11-/m0/s1. The van der Waals surface area contributed by atoms with Crippen LogP contribution in [0.25, 0.3) is 10.9 Å². The van der Waals surface area contributed by atoms with Gasteiger partial charge in [0.2, 0.25) is 5.91 Å². The van der Waals surface area contributed by atoms with Crippen molar-refractivity contribution in [1.82, 2.24) is 14.9 Å². The molecule has 0 unspecified atom stereocenters. The molecule has 2 atom stereocenters. The second-order valence-electron chi connectivity index (χ2n) is 5.45. The Kier molecular flexibility index (Phi) is 3.04. The van der Waals surface area contributed by atoms with Gasteiger partial charge in [0, 0.05) is 13.0 Å². The van der Waals surface area contributed by atoms with Crippen LogP contribution < -0.4 is 10.9 Å². The molecule has 0 aliphatic heterocycles. The van der Waals surface area contributed by atoms with E-state index in [4.69, 9.17) is 0 Å². The first-order valence-electron chi connectivity index (χ1n) is 6.80. The molecule has 1 heterocycles. The number of nitrogens with one attached hydrogen (secondary N) is 1. The Hall–Kier alpha value is -2.17. The molecule has 5 heteroatoms. The molecule has 0 radical (unpaired) electrons. The molecule has 1 aromatic carbocycles. The van der Waals surface area contributed by atoms with Crippen LogP contribution >= 0.6 is 0 Å². The summed E-state index contributed by atoms with van der Waals surface area (Å²) in [6, 6.07) is 7.24. The second kappa shape index (κ2) is 4.74. The quantitative estimate of drug-likeness (QED) is 0.912. The number of hydrogen-bond donors (Lipinski definition) is 1. The van der Waals surface area contributed by atoms with E-state index in [0.717, 1.165) is 6.42 Å². The highest BCUT2D eigenvalue weighted by Crippen LogP contribution is 2.37. The average molecular weight is 271 g/mol. The van der Waals surface area contributed by atoms with E-state index >= 15 is 0 Å². The van der Waals surface area contributed by atoms with Gasteiger partial charge in [-0.2, -0.15) is 0 Å². The maximum atomic E-state index is 12.2. The number of hydrogen-bond acceptors (Lipinski definition) is 3. The zero-order valence-electron chi connectivity index (χ0n) is 11.6. The minimum absolute atomic E-state index is 0.0555. The number of aromatic nitrogens is 2. The largest absolute Gasteiger partial charge is 0.349 e. The molecule has 0 spiro atoms. The number of nitrogens with zero attached hydrogens (tertiary/aromatic N) is 2. The van der Waals surface area contributed by atoms with Gasteiger partial charge in [-0.25, -0.2) is 4.98 Å². The maximum absolute atomic E-state index is 12.2. The van der Waals surface area contributed by atoms with Gasteiger partial charge in [-0.1, -0.05) is 19.1 Å². The lowest BCUT2D eigenvalue weighted by Gasteiger charge is -2.10. The van der Waals surface area contributed by atoms with E-state index in [1.54, 1.807) is 13.1 Å². The van der Waals surface area contributed by atoms with E-state index in [9.17, 15) is 9.59 Å². The summed E-state index contributed by atoms with van der Waals surface area (Å²) in [7, 11) is 1.68. The lowest BCUT2D eigenvalue weighted by molar-refractivity contribution is -0.122. The fraction of sp³-hybridized carbons (Fsp3) is 0.400. The van der Waals surface area contributed by atoms with E-state index in [2.05, 4.69) is 17.2 Å². The first kappa shape index (κ1) is 12.8. The molecule has 2 aromatic rings. The van der Waals surface area contributed by atoms with Gasteiger partial charge < -0.3 is 5.32 Å². The van der Waals surface area contributed by atoms with Crippen molar-refractivity contribution >= 4 is 16.8 Å². The third-order valence-electron chi connectivity index (χ3n) is 3.94. The number of fused-ring (bicyclic) bond motifs is 1. The molecular weight excluding hydrogens is 254 g/mol. The molecule has 1 saturated carbocycles. The van der Waals surface area contributed by atoms with Crippen LogP contribution in [0.2, 0.25) is 0 Å². The Morgan fingerprint density at radius 1 is 1.45 bits per heavy atom. The Morgan fingerprint density at radius 2 is 2.15 bits per heavy atom. The Morgan fingerprint density at radius 3 is 2.85 bits per heavy atom. The monoisotopic (exact) mass is 271 g/mol. The number of benzene rings is 1. The first-order chi connectivity index (χ1) is 9.58. The van der Waals surface area contributed by atoms with Gasteiger partial charge in [-0.3, -0.25) is 14.2 Å². The van der Waals surface area contributed by atoms with Gasteiger partial charge in [-0.15, -0.1) is 0 Å². The molecule has 104 valence electrons. The van der Waals surface area contributed by atoms with E-state index in [-0.39, 0.29) is 17.4 Å². The molecule has 1 amide bonds. The number of carbonyl (C=O) groups excluding carboxylic acids is 1. The van der Waals surface area contributed by atoms with Gasteiger partial charge in [0.25, 0.3) is 5.56 Å². The van der Waals surface area contributed by atoms with Crippen molar-refractivity contribution in [2.75, 3.05) is 0 Å². The zero-order valence-corrected chi connectivity index (χ0v) is 11.6. The van der Waals surface area contributed by atoms with Gasteiger partial charge in [0.15, 0.2) is 0 Å². The van der Waals surface area contributed by atoms with Gasteiger partial charge in [0.05, 0.1) is 17.4 Å². The van der Waals surface area contributed by atoms with E-state index < -0.39 is 0 Å². The second-order valence-corrected chi connectivity index (χ2v) is 5.45. The van der Waals surface area contributed by atoms with E-state index in [1.165, 1.54) is 4.57 Å². The topological polar surface area (TPSA) is 64.0 Å². The van der Waals surface area contributed by atoms with E-state index in [0.29, 0.717) is 29.2 Å². The summed E-state index contributed by atoms with van der Waals surface area (Å²) >= 11 is 0. The van der Waals surface area contributed by atoms with Crippen LogP contribution in [0, 0.1) is 11.8 Å². The van der Waals surface area contributed by atoms with Gasteiger partial charge in [0.1, 0.15) is 5.82 Å². The highest BCUT2D eigenvalue weighted by Gasteiger charge is 2.38. The predicted molar refractivity (Wildman–Crippen MR) is 76.1 cm³/mol. The molecule has 0 saturated heterocycles. The van der Waals surface area contributed by atoms with Crippen molar-refractivity contribution in [1.29, 1.82) is 0 Å². The van der Waals surface area contributed by atoms with Crippen molar-refractivity contribution in [3.63, 3.8) is 0 Å². The molecule has 1 aliphatic carbocycles. The van der Waals surface area contributed by atoms with Crippen molar-refractivity contribution in [3.05, 3.63) is 40.4 Å². The van der Waals surface area contributed by atoms with Crippen molar-refractivity contribution < 1.29 is 4.79 Å². The average Bonchev–Trinajstić information content (AvgIpc) is 3.18. The number of para-hydroxylation sites is 1. The molecule has 0 bridgehead atoms. The summed E-state index contributed by atoms with van der Waals surface area (Å²) in [5.74, 6) is 1.24. The summed E-state index contributed by atoms with van der Waals surface area (Å²) in [5, 5.41) is 3.46. The molecule has 1 N–H and O–H groups in total. The molecule has 5 nitrogen and oxygen atoms in total. The van der Waals surface area contributed by atoms with Crippen LogP contribution in [-0.4, -0.2) is 15.5 Å². The highest BCUT2D eigenvalue weighted by atomic mass is 16.2. The number of rotatable bonds is 3. The third kappa shape index (κ3) is 2.19. The maximum Gasteiger partial charge on any atom is 0.261 e. The summed E-state index contributed by atoms with van der Waals surface area (Å²) in [5.41, 5.74) is 0.583. The van der Waals surface area contributed by atoms with Crippen LogP contribution in [0.3, 0.4) is 0 Å². The Bertz CT molecular complexity index is 735. The van der Waals surface area contributed by atoms with Crippen LogP contribution in [-0.2, 0) is 18.4 Å². The van der Waals surface area contributed by atoms with Gasteiger partial charge in [-0.05, 0) is 24.5 Å². The lowest BCUT2D eigenvalue weighted by Crippen LogP contribution is -2.30. The molecular formula is C15H17N3O2. The van der Waals surface area contributed by atoms with Crippen LogP contribution in [0.1, 0.15) is 19.2 Å². The predicted octanol–water partition coefficient (Wildman–Crippen LogP) is 1.21.